The minimum atomic E-state index is -0.328. The predicted molar refractivity (Wildman–Crippen MR) is 84.6 cm³/mol. The Morgan fingerprint density at radius 2 is 1.95 bits per heavy atom. The smallest absolute Gasteiger partial charge is 0.233 e. The van der Waals surface area contributed by atoms with Gasteiger partial charge in [-0.25, -0.2) is 4.98 Å². The van der Waals surface area contributed by atoms with Gasteiger partial charge < -0.3 is 9.64 Å². The van der Waals surface area contributed by atoms with Crippen LogP contribution in [0.3, 0.4) is 0 Å². The summed E-state index contributed by atoms with van der Waals surface area (Å²) in [7, 11) is 3.44. The van der Waals surface area contributed by atoms with Gasteiger partial charge in [-0.3, -0.25) is 4.79 Å². The molecule has 4 heteroatoms. The molecular formula is C18H20N2O2. The first-order chi connectivity index (χ1) is 10.7. The van der Waals surface area contributed by atoms with E-state index in [1.165, 1.54) is 0 Å². The third-order valence-electron chi connectivity index (χ3n) is 4.28. The fourth-order valence-electron chi connectivity index (χ4n) is 2.93. The maximum atomic E-state index is 12.9. The normalized spacial score (nSPS) is 15.2. The number of hydrogen-bond donors (Lipinski definition) is 0. The molecule has 114 valence electrons. The highest BCUT2D eigenvalue weighted by Crippen LogP contribution is 2.49. The molecule has 1 saturated carbocycles. The van der Waals surface area contributed by atoms with Gasteiger partial charge in [0.1, 0.15) is 0 Å². The lowest BCUT2D eigenvalue weighted by atomic mass is 9.94. The molecule has 0 aliphatic heterocycles. The summed E-state index contributed by atoms with van der Waals surface area (Å²) < 4.78 is 5.26. The molecule has 1 heterocycles. The van der Waals surface area contributed by atoms with Crippen LogP contribution in [0, 0.1) is 0 Å². The van der Waals surface area contributed by atoms with Crippen LogP contribution in [0.2, 0.25) is 0 Å². The average molecular weight is 296 g/mol. The lowest BCUT2D eigenvalue weighted by Gasteiger charge is -2.24. The number of pyridine rings is 1. The number of methoxy groups -OCH3 is 1. The summed E-state index contributed by atoms with van der Waals surface area (Å²) in [6.07, 6.45) is 3.53. The number of nitrogens with zero attached hydrogens (tertiary/aromatic N) is 2. The van der Waals surface area contributed by atoms with Crippen LogP contribution < -0.4 is 4.74 Å². The minimum Gasteiger partial charge on any atom is -0.481 e. The van der Waals surface area contributed by atoms with E-state index in [4.69, 9.17) is 4.74 Å². The molecule has 1 fully saturated rings. The van der Waals surface area contributed by atoms with E-state index in [-0.39, 0.29) is 11.3 Å². The van der Waals surface area contributed by atoms with Crippen LogP contribution in [0.5, 0.6) is 5.88 Å². The van der Waals surface area contributed by atoms with Crippen molar-refractivity contribution < 1.29 is 9.53 Å². The third kappa shape index (κ3) is 2.56. The lowest BCUT2D eigenvalue weighted by Crippen LogP contribution is -2.36. The SMILES string of the molecule is COc1ncccc1CN(C)C(=O)C1(c2ccccc2)CC1. The molecule has 2 aromatic rings. The first kappa shape index (κ1) is 14.6. The quantitative estimate of drug-likeness (QED) is 0.852. The van der Waals surface area contributed by atoms with E-state index in [1.807, 2.05) is 49.5 Å². The Morgan fingerprint density at radius 3 is 2.59 bits per heavy atom. The summed E-state index contributed by atoms with van der Waals surface area (Å²) in [6, 6.07) is 13.9. The van der Waals surface area contributed by atoms with E-state index in [1.54, 1.807) is 18.2 Å². The average Bonchev–Trinajstić information content (AvgIpc) is 3.37. The van der Waals surface area contributed by atoms with Gasteiger partial charge in [0.15, 0.2) is 0 Å². The second kappa shape index (κ2) is 5.79. The van der Waals surface area contributed by atoms with Crippen LogP contribution in [0.25, 0.3) is 0 Å². The molecule has 0 bridgehead atoms. The molecule has 1 aliphatic carbocycles. The molecule has 3 rings (SSSR count). The summed E-state index contributed by atoms with van der Waals surface area (Å²) in [4.78, 5) is 18.9. The van der Waals surface area contributed by atoms with Crippen molar-refractivity contribution in [2.75, 3.05) is 14.2 Å². The first-order valence-electron chi connectivity index (χ1n) is 7.46. The molecule has 0 unspecified atom stereocenters. The summed E-state index contributed by atoms with van der Waals surface area (Å²) in [5, 5.41) is 0. The maximum absolute atomic E-state index is 12.9. The molecule has 4 nitrogen and oxygen atoms in total. The van der Waals surface area contributed by atoms with E-state index in [9.17, 15) is 4.79 Å². The topological polar surface area (TPSA) is 42.4 Å². The van der Waals surface area contributed by atoms with E-state index >= 15 is 0 Å². The Hall–Kier alpha value is -2.36. The van der Waals surface area contributed by atoms with E-state index in [2.05, 4.69) is 4.98 Å². The number of carbonyl (C=O) groups is 1. The van der Waals surface area contributed by atoms with Gasteiger partial charge in [-0.15, -0.1) is 0 Å². The molecule has 0 spiro atoms. The van der Waals surface area contributed by atoms with Crippen molar-refractivity contribution in [3.8, 4) is 5.88 Å². The second-order valence-corrected chi connectivity index (χ2v) is 5.78. The van der Waals surface area contributed by atoms with E-state index in [0.29, 0.717) is 12.4 Å². The Bertz CT molecular complexity index is 666. The monoisotopic (exact) mass is 296 g/mol. The largest absolute Gasteiger partial charge is 0.481 e. The highest BCUT2D eigenvalue weighted by molar-refractivity contribution is 5.91. The van der Waals surface area contributed by atoms with Crippen LogP contribution in [-0.4, -0.2) is 29.9 Å². The predicted octanol–water partition coefficient (Wildman–Crippen LogP) is 2.78. The van der Waals surface area contributed by atoms with Crippen LogP contribution in [0.15, 0.2) is 48.7 Å². The zero-order valence-electron chi connectivity index (χ0n) is 13.0. The Labute approximate surface area is 130 Å². The van der Waals surface area contributed by atoms with Gasteiger partial charge in [-0.1, -0.05) is 36.4 Å². The zero-order chi connectivity index (χ0) is 15.6. The highest BCUT2D eigenvalue weighted by Gasteiger charge is 2.52. The third-order valence-corrected chi connectivity index (χ3v) is 4.28. The molecule has 22 heavy (non-hydrogen) atoms. The van der Waals surface area contributed by atoms with E-state index in [0.717, 1.165) is 24.0 Å². The lowest BCUT2D eigenvalue weighted by molar-refractivity contribution is -0.133. The van der Waals surface area contributed by atoms with Crippen molar-refractivity contribution >= 4 is 5.91 Å². The van der Waals surface area contributed by atoms with E-state index < -0.39 is 0 Å². The zero-order valence-corrected chi connectivity index (χ0v) is 13.0. The fraction of sp³-hybridized carbons (Fsp3) is 0.333. The molecule has 1 aromatic carbocycles. The van der Waals surface area contributed by atoms with Gasteiger partial charge in [0, 0.05) is 18.8 Å². The molecule has 0 radical (unpaired) electrons. The number of hydrogen-bond acceptors (Lipinski definition) is 3. The second-order valence-electron chi connectivity index (χ2n) is 5.78. The van der Waals surface area contributed by atoms with Gasteiger partial charge in [0.05, 0.1) is 19.1 Å². The van der Waals surface area contributed by atoms with Gasteiger partial charge in [0.2, 0.25) is 11.8 Å². The summed E-state index contributed by atoms with van der Waals surface area (Å²) >= 11 is 0. The Kier molecular flexibility index (Phi) is 3.84. The number of benzene rings is 1. The molecular weight excluding hydrogens is 276 g/mol. The van der Waals surface area contributed by atoms with Gasteiger partial charge in [0.25, 0.3) is 0 Å². The van der Waals surface area contributed by atoms with Crippen molar-refractivity contribution in [2.45, 2.75) is 24.8 Å². The van der Waals surface area contributed by atoms with Crippen LogP contribution in [-0.2, 0) is 16.8 Å². The number of ether oxygens (including phenoxy) is 1. The highest BCUT2D eigenvalue weighted by atomic mass is 16.5. The van der Waals surface area contributed by atoms with Gasteiger partial charge in [-0.2, -0.15) is 0 Å². The minimum absolute atomic E-state index is 0.171. The van der Waals surface area contributed by atoms with Crippen molar-refractivity contribution in [1.29, 1.82) is 0 Å². The Balaban J connectivity index is 1.78. The number of amides is 1. The van der Waals surface area contributed by atoms with Crippen LogP contribution in [0.1, 0.15) is 24.0 Å². The first-order valence-corrected chi connectivity index (χ1v) is 7.46. The molecule has 1 amide bonds. The molecule has 0 atom stereocenters. The summed E-state index contributed by atoms with van der Waals surface area (Å²) in [5.41, 5.74) is 1.71. The van der Waals surface area contributed by atoms with Crippen LogP contribution in [0.4, 0.5) is 0 Å². The molecule has 0 N–H and O–H groups in total. The fourth-order valence-corrected chi connectivity index (χ4v) is 2.93. The number of aromatic nitrogens is 1. The Morgan fingerprint density at radius 1 is 1.23 bits per heavy atom. The van der Waals surface area contributed by atoms with Crippen molar-refractivity contribution in [3.63, 3.8) is 0 Å². The number of likely N-dealkylation sites (N-methyl/N-ethyl adjacent to an activating group) is 1. The molecule has 1 aromatic heterocycles. The molecule has 1 aliphatic rings. The number of rotatable bonds is 5. The van der Waals surface area contributed by atoms with Crippen molar-refractivity contribution in [1.82, 2.24) is 9.88 Å². The van der Waals surface area contributed by atoms with Gasteiger partial charge in [-0.05, 0) is 24.5 Å². The van der Waals surface area contributed by atoms with Crippen molar-refractivity contribution in [3.05, 3.63) is 59.8 Å². The standard InChI is InChI=1S/C18H20N2O2/c1-20(13-14-7-6-12-19-16(14)22-2)17(21)18(10-11-18)15-8-4-3-5-9-15/h3-9,12H,10-11,13H2,1-2H3. The number of carbonyl (C=O) groups excluding carboxylic acids is 1. The van der Waals surface area contributed by atoms with Crippen molar-refractivity contribution in [2.24, 2.45) is 0 Å². The maximum Gasteiger partial charge on any atom is 0.233 e. The summed E-state index contributed by atoms with van der Waals surface area (Å²) in [5.74, 6) is 0.747. The summed E-state index contributed by atoms with van der Waals surface area (Å²) in [6.45, 7) is 0.504. The van der Waals surface area contributed by atoms with Crippen LogP contribution >= 0.6 is 0 Å². The van der Waals surface area contributed by atoms with Gasteiger partial charge >= 0.3 is 0 Å². The molecule has 0 saturated heterocycles.